The van der Waals surface area contributed by atoms with E-state index in [2.05, 4.69) is 13.2 Å². The third-order valence-corrected chi connectivity index (χ3v) is 3.78. The van der Waals surface area contributed by atoms with Crippen LogP contribution >= 0.6 is 0 Å². The van der Waals surface area contributed by atoms with Crippen molar-refractivity contribution in [1.29, 1.82) is 0 Å². The molecule has 0 bridgehead atoms. The maximum Gasteiger partial charge on any atom is 0.227 e. The van der Waals surface area contributed by atoms with Crippen molar-refractivity contribution >= 4 is 11.6 Å². The SMILES string of the molecule is C=CC[C@@]1(COC)CC(=O)N(C(=C)c2ccccc2)C1. The summed E-state index contributed by atoms with van der Waals surface area (Å²) in [5.74, 6) is 0.109. The molecule has 0 N–H and O–H groups in total. The van der Waals surface area contributed by atoms with Crippen LogP contribution in [-0.2, 0) is 9.53 Å². The molecule has 1 saturated heterocycles. The Bertz CT molecular complexity index is 509. The molecule has 0 spiro atoms. The summed E-state index contributed by atoms with van der Waals surface area (Å²) >= 11 is 0. The normalized spacial score (nSPS) is 22.1. The highest BCUT2D eigenvalue weighted by atomic mass is 16.5. The van der Waals surface area contributed by atoms with Crippen LogP contribution < -0.4 is 0 Å². The van der Waals surface area contributed by atoms with Gasteiger partial charge in [0.2, 0.25) is 5.91 Å². The monoisotopic (exact) mass is 271 g/mol. The van der Waals surface area contributed by atoms with E-state index in [4.69, 9.17) is 4.74 Å². The van der Waals surface area contributed by atoms with Crippen molar-refractivity contribution in [1.82, 2.24) is 4.90 Å². The van der Waals surface area contributed by atoms with Crippen molar-refractivity contribution < 1.29 is 9.53 Å². The first-order chi connectivity index (χ1) is 9.62. The van der Waals surface area contributed by atoms with E-state index in [1.165, 1.54) is 0 Å². The lowest BCUT2D eigenvalue weighted by Gasteiger charge is -2.27. The molecule has 1 aromatic rings. The van der Waals surface area contributed by atoms with Gasteiger partial charge in [-0.25, -0.2) is 0 Å². The van der Waals surface area contributed by atoms with Crippen molar-refractivity contribution in [3.63, 3.8) is 0 Å². The molecule has 0 saturated carbocycles. The molecular weight excluding hydrogens is 250 g/mol. The maximum absolute atomic E-state index is 12.3. The first-order valence-electron chi connectivity index (χ1n) is 6.76. The molecule has 0 aromatic heterocycles. The molecule has 1 heterocycles. The molecule has 0 unspecified atom stereocenters. The molecule has 1 fully saturated rings. The number of hydrogen-bond donors (Lipinski definition) is 0. The molecule has 1 aliphatic rings. The van der Waals surface area contributed by atoms with E-state index >= 15 is 0 Å². The molecular formula is C17H21NO2. The van der Waals surface area contributed by atoms with E-state index in [-0.39, 0.29) is 11.3 Å². The van der Waals surface area contributed by atoms with E-state index in [1.54, 1.807) is 12.0 Å². The van der Waals surface area contributed by atoms with Crippen LogP contribution in [-0.4, -0.2) is 31.1 Å². The van der Waals surface area contributed by atoms with Gasteiger partial charge in [-0.2, -0.15) is 0 Å². The Balaban J connectivity index is 2.20. The van der Waals surface area contributed by atoms with Gasteiger partial charge in [-0.05, 0) is 12.0 Å². The van der Waals surface area contributed by atoms with Crippen molar-refractivity contribution in [3.05, 3.63) is 55.1 Å². The molecule has 1 atom stereocenters. The van der Waals surface area contributed by atoms with Gasteiger partial charge < -0.3 is 9.64 Å². The summed E-state index contributed by atoms with van der Waals surface area (Å²) in [7, 11) is 1.67. The number of methoxy groups -OCH3 is 1. The highest BCUT2D eigenvalue weighted by molar-refractivity contribution is 5.89. The second kappa shape index (κ2) is 6.06. The Morgan fingerprint density at radius 2 is 2.15 bits per heavy atom. The summed E-state index contributed by atoms with van der Waals surface area (Å²) in [6.45, 7) is 9.08. The minimum Gasteiger partial charge on any atom is -0.384 e. The van der Waals surface area contributed by atoms with Gasteiger partial charge in [0.05, 0.1) is 6.61 Å². The number of carbonyl (C=O) groups excluding carboxylic acids is 1. The average molecular weight is 271 g/mol. The summed E-state index contributed by atoms with van der Waals surface area (Å²) in [4.78, 5) is 14.1. The minimum absolute atomic E-state index is 0.109. The highest BCUT2D eigenvalue weighted by Gasteiger charge is 2.43. The predicted molar refractivity (Wildman–Crippen MR) is 80.9 cm³/mol. The number of hydrogen-bond acceptors (Lipinski definition) is 2. The van der Waals surface area contributed by atoms with E-state index in [0.29, 0.717) is 19.6 Å². The number of allylic oxidation sites excluding steroid dienone is 1. The predicted octanol–water partition coefficient (Wildman–Crippen LogP) is 3.10. The van der Waals surface area contributed by atoms with Crippen LogP contribution in [0.25, 0.3) is 5.70 Å². The van der Waals surface area contributed by atoms with Gasteiger partial charge in [0.25, 0.3) is 0 Å². The fourth-order valence-corrected chi connectivity index (χ4v) is 2.83. The molecule has 1 aromatic carbocycles. The Labute approximate surface area is 120 Å². The number of likely N-dealkylation sites (tertiary alicyclic amines) is 1. The molecule has 1 aliphatic heterocycles. The van der Waals surface area contributed by atoms with Gasteiger partial charge in [0.1, 0.15) is 0 Å². The van der Waals surface area contributed by atoms with Gasteiger partial charge in [-0.15, -0.1) is 6.58 Å². The first-order valence-corrected chi connectivity index (χ1v) is 6.76. The second-order valence-corrected chi connectivity index (χ2v) is 5.40. The summed E-state index contributed by atoms with van der Waals surface area (Å²) in [5.41, 5.74) is 1.57. The molecule has 20 heavy (non-hydrogen) atoms. The summed E-state index contributed by atoms with van der Waals surface area (Å²) < 4.78 is 5.31. The van der Waals surface area contributed by atoms with E-state index in [0.717, 1.165) is 17.7 Å². The third kappa shape index (κ3) is 2.83. The average Bonchev–Trinajstić information content (AvgIpc) is 2.76. The standard InChI is InChI=1S/C17H21NO2/c1-4-10-17(13-20-3)11-16(19)18(12-17)14(2)15-8-6-5-7-9-15/h4-9H,1-2,10-13H2,3H3/t17-/m1/s1. The topological polar surface area (TPSA) is 29.5 Å². The molecule has 3 nitrogen and oxygen atoms in total. The number of rotatable bonds is 6. The summed E-state index contributed by atoms with van der Waals surface area (Å²) in [5, 5.41) is 0. The van der Waals surface area contributed by atoms with E-state index < -0.39 is 0 Å². The fraction of sp³-hybridized carbons (Fsp3) is 0.353. The smallest absolute Gasteiger partial charge is 0.227 e. The van der Waals surface area contributed by atoms with Crippen LogP contribution in [0, 0.1) is 5.41 Å². The van der Waals surface area contributed by atoms with Crippen LogP contribution in [0.15, 0.2) is 49.6 Å². The van der Waals surface area contributed by atoms with Crippen molar-refractivity contribution in [2.45, 2.75) is 12.8 Å². The number of carbonyl (C=O) groups is 1. The Morgan fingerprint density at radius 3 is 2.75 bits per heavy atom. The first kappa shape index (κ1) is 14.5. The molecule has 106 valence electrons. The molecule has 3 heteroatoms. The number of amides is 1. The van der Waals surface area contributed by atoms with E-state index in [1.807, 2.05) is 36.4 Å². The number of ether oxygens (including phenoxy) is 1. The van der Waals surface area contributed by atoms with E-state index in [9.17, 15) is 4.79 Å². The van der Waals surface area contributed by atoms with Crippen LogP contribution in [0.5, 0.6) is 0 Å². The van der Waals surface area contributed by atoms with Crippen LogP contribution in [0.4, 0.5) is 0 Å². The lowest BCUT2D eigenvalue weighted by molar-refractivity contribution is -0.125. The minimum atomic E-state index is -0.175. The summed E-state index contributed by atoms with van der Waals surface area (Å²) in [6.07, 6.45) is 3.12. The molecule has 2 rings (SSSR count). The van der Waals surface area contributed by atoms with Crippen molar-refractivity contribution in [2.75, 3.05) is 20.3 Å². The Hall–Kier alpha value is -1.87. The van der Waals surface area contributed by atoms with Gasteiger partial charge in [-0.1, -0.05) is 43.0 Å². The lowest BCUT2D eigenvalue weighted by Crippen LogP contribution is -2.30. The van der Waals surface area contributed by atoms with Crippen molar-refractivity contribution in [2.24, 2.45) is 5.41 Å². The Morgan fingerprint density at radius 1 is 1.45 bits per heavy atom. The van der Waals surface area contributed by atoms with Crippen LogP contribution in [0.3, 0.4) is 0 Å². The molecule has 0 radical (unpaired) electrons. The second-order valence-electron chi connectivity index (χ2n) is 5.40. The largest absolute Gasteiger partial charge is 0.384 e. The zero-order valence-corrected chi connectivity index (χ0v) is 12.0. The lowest BCUT2D eigenvalue weighted by atomic mass is 9.84. The zero-order chi connectivity index (χ0) is 14.6. The highest BCUT2D eigenvalue weighted by Crippen LogP contribution is 2.38. The van der Waals surface area contributed by atoms with Crippen LogP contribution in [0.2, 0.25) is 0 Å². The Kier molecular flexibility index (Phi) is 4.40. The zero-order valence-electron chi connectivity index (χ0n) is 12.0. The quantitative estimate of drug-likeness (QED) is 0.744. The number of benzene rings is 1. The fourth-order valence-electron chi connectivity index (χ4n) is 2.83. The van der Waals surface area contributed by atoms with Gasteiger partial charge in [-0.3, -0.25) is 4.79 Å². The van der Waals surface area contributed by atoms with Crippen molar-refractivity contribution in [3.8, 4) is 0 Å². The van der Waals surface area contributed by atoms with Gasteiger partial charge >= 0.3 is 0 Å². The maximum atomic E-state index is 12.3. The van der Waals surface area contributed by atoms with Crippen LogP contribution in [0.1, 0.15) is 18.4 Å². The summed E-state index contributed by atoms with van der Waals surface area (Å²) in [6, 6.07) is 9.80. The number of nitrogens with zero attached hydrogens (tertiary/aromatic N) is 1. The van der Waals surface area contributed by atoms with Gasteiger partial charge in [0, 0.05) is 31.2 Å². The molecule has 0 aliphatic carbocycles. The third-order valence-electron chi connectivity index (χ3n) is 3.78. The van der Waals surface area contributed by atoms with Gasteiger partial charge in [0.15, 0.2) is 0 Å². The molecule has 1 amide bonds.